The fourth-order valence-corrected chi connectivity index (χ4v) is 2.08. The number of nitrogens with two attached hydrogens (primary N) is 1. The summed E-state index contributed by atoms with van der Waals surface area (Å²) < 4.78 is 1.01. The van der Waals surface area contributed by atoms with E-state index >= 15 is 0 Å². The quantitative estimate of drug-likeness (QED) is 0.878. The fraction of sp³-hybridized carbons (Fsp3) is 0.500. The molecule has 3 nitrogen and oxygen atoms in total. The third-order valence-corrected chi connectivity index (χ3v) is 3.69. The number of carbonyl (C=O) groups is 1. The molecular formula is C14H21BrN2O. The molecule has 0 bridgehead atoms. The van der Waals surface area contributed by atoms with Crippen molar-refractivity contribution in [3.63, 3.8) is 0 Å². The largest absolute Gasteiger partial charge is 0.348 e. The van der Waals surface area contributed by atoms with Gasteiger partial charge in [0.25, 0.3) is 5.91 Å². The standard InChI is InChI=1S/C14H21BrN2O/c1-9(2)6-12(8-16)17-14(18)11-4-5-13(15)10(3)7-11/h4-5,7,9,12H,6,8,16H2,1-3H3,(H,17,18). The molecule has 4 heteroatoms. The van der Waals surface area contributed by atoms with Gasteiger partial charge in [-0.1, -0.05) is 29.8 Å². The van der Waals surface area contributed by atoms with E-state index in [0.29, 0.717) is 18.0 Å². The van der Waals surface area contributed by atoms with Crippen LogP contribution in [-0.2, 0) is 0 Å². The predicted octanol–water partition coefficient (Wildman–Crippen LogP) is 2.86. The molecular weight excluding hydrogens is 292 g/mol. The van der Waals surface area contributed by atoms with E-state index in [4.69, 9.17) is 5.73 Å². The van der Waals surface area contributed by atoms with Crippen molar-refractivity contribution in [1.82, 2.24) is 5.32 Å². The lowest BCUT2D eigenvalue weighted by Crippen LogP contribution is -2.41. The van der Waals surface area contributed by atoms with Crippen molar-refractivity contribution in [1.29, 1.82) is 0 Å². The molecule has 1 rings (SSSR count). The first-order valence-electron chi connectivity index (χ1n) is 6.21. The first-order chi connectivity index (χ1) is 8.43. The zero-order chi connectivity index (χ0) is 13.7. The smallest absolute Gasteiger partial charge is 0.251 e. The van der Waals surface area contributed by atoms with Crippen LogP contribution in [0.3, 0.4) is 0 Å². The molecule has 100 valence electrons. The van der Waals surface area contributed by atoms with E-state index in [-0.39, 0.29) is 11.9 Å². The van der Waals surface area contributed by atoms with Gasteiger partial charge in [-0.15, -0.1) is 0 Å². The number of halogens is 1. The third kappa shape index (κ3) is 4.42. The van der Waals surface area contributed by atoms with Gasteiger partial charge < -0.3 is 11.1 Å². The fourth-order valence-electron chi connectivity index (χ4n) is 1.84. The summed E-state index contributed by atoms with van der Waals surface area (Å²) in [5, 5.41) is 2.98. The summed E-state index contributed by atoms with van der Waals surface area (Å²) in [5.74, 6) is 0.465. The summed E-state index contributed by atoms with van der Waals surface area (Å²) in [5.41, 5.74) is 7.41. The van der Waals surface area contributed by atoms with Crippen LogP contribution in [0.25, 0.3) is 0 Å². The Bertz CT molecular complexity index is 418. The molecule has 0 heterocycles. The first-order valence-corrected chi connectivity index (χ1v) is 7.00. The van der Waals surface area contributed by atoms with Crippen LogP contribution in [-0.4, -0.2) is 18.5 Å². The normalized spacial score (nSPS) is 12.6. The molecule has 1 aromatic rings. The number of amides is 1. The van der Waals surface area contributed by atoms with E-state index in [2.05, 4.69) is 35.1 Å². The van der Waals surface area contributed by atoms with Gasteiger partial charge in [0.15, 0.2) is 0 Å². The van der Waals surface area contributed by atoms with Gasteiger partial charge in [-0.2, -0.15) is 0 Å². The molecule has 0 fully saturated rings. The van der Waals surface area contributed by atoms with Gasteiger partial charge in [-0.05, 0) is 43.0 Å². The highest BCUT2D eigenvalue weighted by atomic mass is 79.9. The summed E-state index contributed by atoms with van der Waals surface area (Å²) in [7, 11) is 0. The molecule has 3 N–H and O–H groups in total. The SMILES string of the molecule is Cc1cc(C(=O)NC(CN)CC(C)C)ccc1Br. The van der Waals surface area contributed by atoms with E-state index in [1.807, 2.05) is 25.1 Å². The van der Waals surface area contributed by atoms with E-state index in [1.54, 1.807) is 0 Å². The predicted molar refractivity (Wildman–Crippen MR) is 78.6 cm³/mol. The molecule has 0 saturated heterocycles. The van der Waals surface area contributed by atoms with Crippen LogP contribution in [0.5, 0.6) is 0 Å². The maximum atomic E-state index is 12.1. The summed E-state index contributed by atoms with van der Waals surface area (Å²) in [6.45, 7) is 6.69. The second kappa shape index (κ2) is 6.90. The lowest BCUT2D eigenvalue weighted by Gasteiger charge is -2.19. The van der Waals surface area contributed by atoms with E-state index < -0.39 is 0 Å². The van der Waals surface area contributed by atoms with Gasteiger partial charge in [0, 0.05) is 22.6 Å². The van der Waals surface area contributed by atoms with Crippen LogP contribution in [0.2, 0.25) is 0 Å². The highest BCUT2D eigenvalue weighted by molar-refractivity contribution is 9.10. The average Bonchev–Trinajstić information content (AvgIpc) is 2.31. The van der Waals surface area contributed by atoms with Crippen LogP contribution in [0.1, 0.15) is 36.2 Å². The van der Waals surface area contributed by atoms with Crippen LogP contribution in [0, 0.1) is 12.8 Å². The average molecular weight is 313 g/mol. The molecule has 0 saturated carbocycles. The summed E-state index contributed by atoms with van der Waals surface area (Å²) in [6, 6.07) is 5.63. The molecule has 0 aliphatic heterocycles. The van der Waals surface area contributed by atoms with Crippen molar-refractivity contribution < 1.29 is 4.79 Å². The van der Waals surface area contributed by atoms with Crippen LogP contribution < -0.4 is 11.1 Å². The lowest BCUT2D eigenvalue weighted by molar-refractivity contribution is 0.0933. The van der Waals surface area contributed by atoms with Crippen molar-refractivity contribution in [3.8, 4) is 0 Å². The zero-order valence-corrected chi connectivity index (χ0v) is 12.8. The molecule has 1 unspecified atom stereocenters. The maximum Gasteiger partial charge on any atom is 0.251 e. The molecule has 0 aliphatic carbocycles. The molecule has 0 aliphatic rings. The van der Waals surface area contributed by atoms with Crippen LogP contribution >= 0.6 is 15.9 Å². The van der Waals surface area contributed by atoms with Crippen molar-refractivity contribution in [2.75, 3.05) is 6.54 Å². The molecule has 0 spiro atoms. The summed E-state index contributed by atoms with van der Waals surface area (Å²) in [6.07, 6.45) is 0.901. The summed E-state index contributed by atoms with van der Waals surface area (Å²) >= 11 is 3.42. The second-order valence-corrected chi connectivity index (χ2v) is 5.85. The van der Waals surface area contributed by atoms with E-state index in [9.17, 15) is 4.79 Å². The Balaban J connectivity index is 2.71. The Labute approximate surface area is 117 Å². The minimum absolute atomic E-state index is 0.0430. The van der Waals surface area contributed by atoms with Crippen LogP contribution in [0.4, 0.5) is 0 Å². The van der Waals surface area contributed by atoms with E-state index in [1.165, 1.54) is 0 Å². The lowest BCUT2D eigenvalue weighted by atomic mass is 10.0. The van der Waals surface area contributed by atoms with Crippen molar-refractivity contribution in [2.45, 2.75) is 33.2 Å². The van der Waals surface area contributed by atoms with Crippen molar-refractivity contribution >= 4 is 21.8 Å². The molecule has 1 amide bonds. The molecule has 0 aromatic heterocycles. The molecule has 1 atom stereocenters. The molecule has 18 heavy (non-hydrogen) atoms. The van der Waals surface area contributed by atoms with Gasteiger partial charge >= 0.3 is 0 Å². The van der Waals surface area contributed by atoms with Gasteiger partial charge in [0.05, 0.1) is 0 Å². The van der Waals surface area contributed by atoms with Crippen molar-refractivity contribution in [3.05, 3.63) is 33.8 Å². The second-order valence-electron chi connectivity index (χ2n) is 5.00. The molecule has 0 radical (unpaired) electrons. The number of carbonyl (C=O) groups excluding carboxylic acids is 1. The Morgan fingerprint density at radius 1 is 1.44 bits per heavy atom. The van der Waals surface area contributed by atoms with Gasteiger partial charge in [0.2, 0.25) is 0 Å². The van der Waals surface area contributed by atoms with Gasteiger partial charge in [0.1, 0.15) is 0 Å². The minimum Gasteiger partial charge on any atom is -0.348 e. The first kappa shape index (κ1) is 15.2. The zero-order valence-electron chi connectivity index (χ0n) is 11.2. The number of rotatable bonds is 5. The maximum absolute atomic E-state index is 12.1. The number of hydrogen-bond donors (Lipinski definition) is 2. The third-order valence-electron chi connectivity index (χ3n) is 2.80. The molecule has 1 aromatic carbocycles. The van der Waals surface area contributed by atoms with Gasteiger partial charge in [-0.3, -0.25) is 4.79 Å². The van der Waals surface area contributed by atoms with Gasteiger partial charge in [-0.25, -0.2) is 0 Å². The van der Waals surface area contributed by atoms with Crippen LogP contribution in [0.15, 0.2) is 22.7 Å². The number of hydrogen-bond acceptors (Lipinski definition) is 2. The Hall–Kier alpha value is -0.870. The highest BCUT2D eigenvalue weighted by Crippen LogP contribution is 2.17. The highest BCUT2D eigenvalue weighted by Gasteiger charge is 2.14. The Kier molecular flexibility index (Phi) is 5.82. The summed E-state index contributed by atoms with van der Waals surface area (Å²) in [4.78, 5) is 12.1. The Morgan fingerprint density at radius 3 is 2.61 bits per heavy atom. The number of nitrogens with one attached hydrogen (secondary N) is 1. The minimum atomic E-state index is -0.0540. The topological polar surface area (TPSA) is 55.1 Å². The van der Waals surface area contributed by atoms with E-state index in [0.717, 1.165) is 16.5 Å². The monoisotopic (exact) mass is 312 g/mol. The Morgan fingerprint density at radius 2 is 2.11 bits per heavy atom. The number of aryl methyl sites for hydroxylation is 1. The van der Waals surface area contributed by atoms with Crippen molar-refractivity contribution in [2.24, 2.45) is 11.7 Å². The number of benzene rings is 1.